The van der Waals surface area contributed by atoms with E-state index in [1.54, 1.807) is 11.0 Å². The Bertz CT molecular complexity index is 948. The topological polar surface area (TPSA) is 45.2 Å². The van der Waals surface area contributed by atoms with Crippen LogP contribution in [0.3, 0.4) is 0 Å². The lowest BCUT2D eigenvalue weighted by Crippen LogP contribution is -2.37. The second-order valence-electron chi connectivity index (χ2n) is 7.91. The summed E-state index contributed by atoms with van der Waals surface area (Å²) in [6, 6.07) is 4.71. The van der Waals surface area contributed by atoms with Crippen LogP contribution in [0, 0.1) is 17.6 Å². The van der Waals surface area contributed by atoms with Crippen LogP contribution in [0.4, 0.5) is 27.6 Å². The van der Waals surface area contributed by atoms with Gasteiger partial charge in [0.1, 0.15) is 0 Å². The smallest absolute Gasteiger partial charge is 0.368 e. The Morgan fingerprint density at radius 1 is 1.17 bits per heavy atom. The number of alkyl halides is 3. The number of rotatable bonds is 5. The number of hydrogen-bond acceptors (Lipinski definition) is 3. The monoisotopic (exact) mass is 425 g/mol. The van der Waals surface area contributed by atoms with Crippen molar-refractivity contribution in [3.8, 4) is 0 Å². The molecule has 3 atom stereocenters. The third-order valence-corrected chi connectivity index (χ3v) is 5.71. The lowest BCUT2D eigenvalue weighted by Gasteiger charge is -2.20. The lowest BCUT2D eigenvalue weighted by atomic mass is 10.1. The van der Waals surface area contributed by atoms with Crippen LogP contribution in [0.2, 0.25) is 0 Å². The van der Waals surface area contributed by atoms with E-state index in [1.165, 1.54) is 12.3 Å². The molecule has 0 radical (unpaired) electrons. The van der Waals surface area contributed by atoms with Crippen molar-refractivity contribution in [3.05, 3.63) is 59.4 Å². The minimum Gasteiger partial charge on any atom is -0.368 e. The van der Waals surface area contributed by atoms with Crippen molar-refractivity contribution >= 4 is 11.6 Å². The van der Waals surface area contributed by atoms with Gasteiger partial charge >= 0.3 is 6.18 Å². The molecule has 0 spiro atoms. The maximum atomic E-state index is 13.4. The van der Waals surface area contributed by atoms with E-state index in [0.717, 1.165) is 24.8 Å². The molecule has 1 amide bonds. The number of anilines is 1. The Balaban J connectivity index is 1.28. The summed E-state index contributed by atoms with van der Waals surface area (Å²) < 4.78 is 65.0. The number of nitrogens with one attached hydrogen (secondary N) is 1. The van der Waals surface area contributed by atoms with Crippen LogP contribution >= 0.6 is 0 Å². The van der Waals surface area contributed by atoms with E-state index in [0.29, 0.717) is 30.8 Å². The molecule has 9 heteroatoms. The molecule has 1 saturated heterocycles. The molecule has 2 heterocycles. The fraction of sp³-hybridized carbons (Fsp3) is 0.429. The van der Waals surface area contributed by atoms with Gasteiger partial charge < -0.3 is 10.2 Å². The quantitative estimate of drug-likeness (QED) is 0.728. The van der Waals surface area contributed by atoms with Crippen molar-refractivity contribution in [3.63, 3.8) is 0 Å². The van der Waals surface area contributed by atoms with Crippen molar-refractivity contribution in [2.45, 2.75) is 37.4 Å². The number of halogens is 5. The highest BCUT2D eigenvalue weighted by molar-refractivity contribution is 5.77. The molecule has 2 aliphatic rings. The average molecular weight is 425 g/mol. The number of amides is 1. The highest BCUT2D eigenvalue weighted by Gasteiger charge is 2.40. The van der Waals surface area contributed by atoms with Crippen molar-refractivity contribution in [1.29, 1.82) is 0 Å². The number of carbonyl (C=O) groups is 1. The fourth-order valence-corrected chi connectivity index (χ4v) is 4.02. The molecule has 1 aliphatic carbocycles. The first-order valence-corrected chi connectivity index (χ1v) is 9.72. The van der Waals surface area contributed by atoms with Crippen LogP contribution in [0.25, 0.3) is 0 Å². The molecule has 4 nitrogen and oxygen atoms in total. The zero-order chi connectivity index (χ0) is 21.5. The van der Waals surface area contributed by atoms with Gasteiger partial charge in [0.25, 0.3) is 0 Å². The van der Waals surface area contributed by atoms with Gasteiger partial charge in [-0.25, -0.2) is 8.78 Å². The Hall–Kier alpha value is -2.71. The largest absolute Gasteiger partial charge is 0.417 e. The Morgan fingerprint density at radius 3 is 2.70 bits per heavy atom. The lowest BCUT2D eigenvalue weighted by molar-refractivity contribution is -0.137. The number of nitrogens with zero attached hydrogens (tertiary/aromatic N) is 2. The Kier molecular flexibility index (Phi) is 5.38. The molecular weight excluding hydrogens is 405 g/mol. The van der Waals surface area contributed by atoms with Crippen LogP contribution in [-0.4, -0.2) is 30.0 Å². The molecule has 160 valence electrons. The van der Waals surface area contributed by atoms with Crippen molar-refractivity contribution in [2.75, 3.05) is 18.0 Å². The molecule has 0 bridgehead atoms. The van der Waals surface area contributed by atoms with E-state index in [2.05, 4.69) is 10.3 Å². The normalized spacial score (nSPS) is 23.5. The van der Waals surface area contributed by atoms with Gasteiger partial charge in [0, 0.05) is 31.7 Å². The van der Waals surface area contributed by atoms with E-state index in [9.17, 15) is 26.7 Å². The number of aromatic nitrogens is 1. The molecule has 0 unspecified atom stereocenters. The van der Waals surface area contributed by atoms with Gasteiger partial charge in [0.15, 0.2) is 11.6 Å². The standard InChI is InChI=1S/C21H20F5N3O/c22-18-2-1-12(6-19(18)23)17-5-13(17)7-20(30)28-15-3-4-29(11-15)16-8-14(9-27-10-16)21(24,25)26/h1-2,6,8-10,13,15,17H,3-5,7,11H2,(H,28,30)/t13-,15-,17+/m1/s1. The summed E-state index contributed by atoms with van der Waals surface area (Å²) in [4.78, 5) is 17.8. The van der Waals surface area contributed by atoms with Gasteiger partial charge in [-0.1, -0.05) is 6.07 Å². The summed E-state index contributed by atoms with van der Waals surface area (Å²) >= 11 is 0. The van der Waals surface area contributed by atoms with Crippen molar-refractivity contribution in [1.82, 2.24) is 10.3 Å². The second kappa shape index (κ2) is 7.85. The molecule has 1 aliphatic heterocycles. The molecule has 1 saturated carbocycles. The van der Waals surface area contributed by atoms with E-state index in [-0.39, 0.29) is 30.2 Å². The second-order valence-corrected chi connectivity index (χ2v) is 7.91. The molecule has 2 fully saturated rings. The van der Waals surface area contributed by atoms with E-state index >= 15 is 0 Å². The van der Waals surface area contributed by atoms with Gasteiger partial charge in [-0.2, -0.15) is 13.2 Å². The van der Waals surface area contributed by atoms with E-state index < -0.39 is 23.4 Å². The summed E-state index contributed by atoms with van der Waals surface area (Å²) in [5.74, 6) is -1.80. The fourth-order valence-electron chi connectivity index (χ4n) is 4.02. The number of hydrogen-bond donors (Lipinski definition) is 1. The first kappa shape index (κ1) is 20.6. The highest BCUT2D eigenvalue weighted by Crippen LogP contribution is 2.49. The summed E-state index contributed by atoms with van der Waals surface area (Å²) in [6.07, 6.45) is -0.631. The molecule has 1 aromatic heterocycles. The maximum Gasteiger partial charge on any atom is 0.417 e. The SMILES string of the molecule is O=C(C[C@H]1C[C@H]1c1ccc(F)c(F)c1)N[C@@H]1CCN(c2cncc(C(F)(F)F)c2)C1. The minimum atomic E-state index is -4.45. The Morgan fingerprint density at radius 2 is 1.97 bits per heavy atom. The number of carbonyl (C=O) groups excluding carboxylic acids is 1. The van der Waals surface area contributed by atoms with Crippen LogP contribution in [0.15, 0.2) is 36.7 Å². The van der Waals surface area contributed by atoms with Crippen molar-refractivity contribution in [2.24, 2.45) is 5.92 Å². The van der Waals surface area contributed by atoms with Gasteiger partial charge in [-0.3, -0.25) is 9.78 Å². The minimum absolute atomic E-state index is 0.0436. The van der Waals surface area contributed by atoms with E-state index in [4.69, 9.17) is 0 Å². The molecule has 2 aromatic rings. The summed E-state index contributed by atoms with van der Waals surface area (Å²) in [7, 11) is 0. The molecule has 1 aromatic carbocycles. The summed E-state index contributed by atoms with van der Waals surface area (Å²) in [5.41, 5.74) is 0.266. The van der Waals surface area contributed by atoms with Gasteiger partial charge in [0.05, 0.1) is 17.4 Å². The zero-order valence-corrected chi connectivity index (χ0v) is 15.9. The van der Waals surface area contributed by atoms with Gasteiger partial charge in [-0.05, 0) is 48.4 Å². The first-order valence-electron chi connectivity index (χ1n) is 9.72. The Labute approximate surface area is 170 Å². The third kappa shape index (κ3) is 4.55. The van der Waals surface area contributed by atoms with E-state index in [1.807, 2.05) is 0 Å². The molecule has 4 rings (SSSR count). The molecule has 30 heavy (non-hydrogen) atoms. The molecule has 1 N–H and O–H groups in total. The van der Waals surface area contributed by atoms with Crippen LogP contribution < -0.4 is 10.2 Å². The predicted octanol–water partition coefficient (Wildman–Crippen LogP) is 4.27. The maximum absolute atomic E-state index is 13.4. The van der Waals surface area contributed by atoms with Gasteiger partial charge in [-0.15, -0.1) is 0 Å². The van der Waals surface area contributed by atoms with Crippen LogP contribution in [0.1, 0.15) is 36.3 Å². The van der Waals surface area contributed by atoms with Gasteiger partial charge in [0.2, 0.25) is 5.91 Å². The first-order chi connectivity index (χ1) is 14.2. The summed E-state index contributed by atoms with van der Waals surface area (Å²) in [5, 5.41) is 2.93. The summed E-state index contributed by atoms with van der Waals surface area (Å²) in [6.45, 7) is 0.931. The van der Waals surface area contributed by atoms with Crippen LogP contribution in [-0.2, 0) is 11.0 Å². The number of pyridine rings is 1. The third-order valence-electron chi connectivity index (χ3n) is 5.71. The number of benzene rings is 1. The highest BCUT2D eigenvalue weighted by atomic mass is 19.4. The van der Waals surface area contributed by atoms with Crippen molar-refractivity contribution < 1.29 is 26.7 Å². The van der Waals surface area contributed by atoms with Crippen LogP contribution in [0.5, 0.6) is 0 Å². The predicted molar refractivity (Wildman–Crippen MR) is 99.8 cm³/mol. The average Bonchev–Trinajstić information content (AvgIpc) is 3.29. The zero-order valence-electron chi connectivity index (χ0n) is 15.9. The molecular formula is C21H20F5N3O.